The molecule has 0 nitrogen and oxygen atoms in total. The van der Waals surface area contributed by atoms with Crippen LogP contribution in [-0.4, -0.2) is 4.75 Å². The minimum Gasteiger partial charge on any atom is -0.284 e. The fourth-order valence-electron chi connectivity index (χ4n) is 1.26. The Hall–Kier alpha value is -0.500. The van der Waals surface area contributed by atoms with Crippen LogP contribution in [0.5, 0.6) is 0 Å². The zero-order chi connectivity index (χ0) is 10.8. The largest absolute Gasteiger partial charge is 0.284 e. The molecule has 0 fully saturated rings. The number of thioether (sulfide) groups is 1. The van der Waals surface area contributed by atoms with Crippen molar-refractivity contribution in [3.8, 4) is 0 Å². The van der Waals surface area contributed by atoms with Crippen LogP contribution >= 0.6 is 11.8 Å². The van der Waals surface area contributed by atoms with Gasteiger partial charge in [-0.25, -0.2) is 0 Å². The lowest BCUT2D eigenvalue weighted by Crippen LogP contribution is -2.09. The Bertz CT molecular complexity index is 284. The number of hydrogen-bond acceptors (Lipinski definition) is 1. The molecule has 0 saturated heterocycles. The number of rotatable bonds is 2. The summed E-state index contributed by atoms with van der Waals surface area (Å²) in [7, 11) is 0. The van der Waals surface area contributed by atoms with E-state index < -0.39 is 0 Å². The first kappa shape index (κ1) is 11.6. The van der Waals surface area contributed by atoms with Crippen molar-refractivity contribution in [3.63, 3.8) is 0 Å². The van der Waals surface area contributed by atoms with Gasteiger partial charge in [-0.1, -0.05) is 27.7 Å². The van der Waals surface area contributed by atoms with Crippen LogP contribution in [0.1, 0.15) is 38.5 Å². The molecule has 1 unspecified atom stereocenters. The zero-order valence-corrected chi connectivity index (χ0v) is 9.91. The van der Waals surface area contributed by atoms with Crippen molar-refractivity contribution < 1.29 is 4.39 Å². The second-order valence-electron chi connectivity index (χ2n) is 4.33. The van der Waals surface area contributed by atoms with Crippen molar-refractivity contribution in [2.24, 2.45) is 0 Å². The summed E-state index contributed by atoms with van der Waals surface area (Å²) >= 11 is 1.86. The van der Waals surface area contributed by atoms with Crippen LogP contribution in [-0.2, 0) is 0 Å². The third-order valence-corrected chi connectivity index (χ3v) is 3.08. The molecule has 14 heavy (non-hydrogen) atoms. The lowest BCUT2D eigenvalue weighted by molar-refractivity contribution is 0.626. The Morgan fingerprint density at radius 1 is 1.36 bits per heavy atom. The number of halogens is 1. The highest BCUT2D eigenvalue weighted by atomic mass is 32.2. The molecular weight excluding hydrogens is 195 g/mol. The molecule has 1 atom stereocenters. The lowest BCUT2D eigenvalue weighted by Gasteiger charge is -2.25. The highest BCUT2D eigenvalue weighted by molar-refractivity contribution is 8.00. The highest BCUT2D eigenvalue weighted by Gasteiger charge is 2.14. The van der Waals surface area contributed by atoms with Crippen LogP contribution < -0.4 is 0 Å². The molecule has 0 N–H and O–H groups in total. The van der Waals surface area contributed by atoms with Crippen molar-refractivity contribution in [3.05, 3.63) is 35.6 Å². The highest BCUT2D eigenvalue weighted by Crippen LogP contribution is 2.37. The molecule has 0 spiro atoms. The van der Waals surface area contributed by atoms with Gasteiger partial charge in [-0.15, -0.1) is 17.7 Å². The van der Waals surface area contributed by atoms with E-state index in [1.54, 1.807) is 6.07 Å². The molecule has 78 valence electrons. The smallest absolute Gasteiger partial charge is 0.00872 e. The molecule has 1 aromatic carbocycles. The standard InChI is InChI=1S/C12H16FS/c1-9(14-12(2,3)4)10-5-7-11(13)8-6-10/h5,7-9H,1-4H3/q-1. The van der Waals surface area contributed by atoms with Crippen molar-refractivity contribution in [1.82, 2.24) is 0 Å². The first-order chi connectivity index (χ1) is 6.38. The van der Waals surface area contributed by atoms with E-state index in [1.807, 2.05) is 11.8 Å². The van der Waals surface area contributed by atoms with Gasteiger partial charge in [0.25, 0.3) is 0 Å². The van der Waals surface area contributed by atoms with Gasteiger partial charge in [-0.2, -0.15) is 23.9 Å². The van der Waals surface area contributed by atoms with Gasteiger partial charge in [-0.05, 0) is 0 Å². The van der Waals surface area contributed by atoms with E-state index in [0.29, 0.717) is 5.25 Å². The predicted octanol–water partition coefficient (Wildman–Crippen LogP) is 4.22. The summed E-state index contributed by atoms with van der Waals surface area (Å²) in [5.41, 5.74) is 1.06. The Kier molecular flexibility index (Phi) is 3.59. The van der Waals surface area contributed by atoms with Crippen LogP contribution in [0.4, 0.5) is 4.39 Å². The van der Waals surface area contributed by atoms with E-state index in [-0.39, 0.29) is 10.6 Å². The van der Waals surface area contributed by atoms with Gasteiger partial charge in [0.1, 0.15) is 0 Å². The molecular formula is C12H16FS-. The molecule has 2 heteroatoms. The van der Waals surface area contributed by atoms with Gasteiger partial charge in [0, 0.05) is 15.8 Å². The summed E-state index contributed by atoms with van der Waals surface area (Å²) in [4.78, 5) is 0. The minimum absolute atomic E-state index is 0.221. The first-order valence-corrected chi connectivity index (χ1v) is 5.61. The molecule has 1 aromatic rings. The summed E-state index contributed by atoms with van der Waals surface area (Å²) in [5, 5.41) is 0.357. The van der Waals surface area contributed by atoms with Crippen LogP contribution in [0, 0.1) is 11.9 Å². The Morgan fingerprint density at radius 3 is 2.43 bits per heavy atom. The molecule has 0 radical (unpaired) electrons. The lowest BCUT2D eigenvalue weighted by atomic mass is 10.2. The van der Waals surface area contributed by atoms with Gasteiger partial charge >= 0.3 is 0 Å². The van der Waals surface area contributed by atoms with Crippen molar-refractivity contribution >= 4 is 11.8 Å². The zero-order valence-electron chi connectivity index (χ0n) is 9.10. The van der Waals surface area contributed by atoms with Crippen LogP contribution in [0.2, 0.25) is 0 Å². The Morgan fingerprint density at radius 2 is 2.00 bits per heavy atom. The second-order valence-corrected chi connectivity index (χ2v) is 6.50. The average Bonchev–Trinajstić information content (AvgIpc) is 2.02. The molecule has 0 amide bonds. The topological polar surface area (TPSA) is 0 Å². The monoisotopic (exact) mass is 211 g/mol. The molecule has 0 saturated carbocycles. The predicted molar refractivity (Wildman–Crippen MR) is 61.0 cm³/mol. The maximum atomic E-state index is 12.6. The second kappa shape index (κ2) is 4.35. The molecule has 0 bridgehead atoms. The third kappa shape index (κ3) is 3.70. The summed E-state index contributed by atoms with van der Waals surface area (Å²) in [5.74, 6) is -0.221. The summed E-state index contributed by atoms with van der Waals surface area (Å²) in [6.07, 6.45) is 0. The molecule has 0 aliphatic carbocycles. The van der Waals surface area contributed by atoms with Gasteiger partial charge in [0.05, 0.1) is 0 Å². The third-order valence-electron chi connectivity index (χ3n) is 1.77. The Labute approximate surface area is 89.9 Å². The van der Waals surface area contributed by atoms with Gasteiger partial charge in [-0.3, -0.25) is 4.39 Å². The maximum absolute atomic E-state index is 12.6. The number of hydrogen-bond donors (Lipinski definition) is 0. The maximum Gasteiger partial charge on any atom is 0.00872 e. The SMILES string of the molecule is CC(SC(C)(C)C)c1[c-]cc(F)cc1. The van der Waals surface area contributed by atoms with E-state index in [4.69, 9.17) is 0 Å². The van der Waals surface area contributed by atoms with Crippen LogP contribution in [0.15, 0.2) is 18.2 Å². The Balaban J connectivity index is 2.70. The number of benzene rings is 1. The van der Waals surface area contributed by atoms with Crippen molar-refractivity contribution in [1.29, 1.82) is 0 Å². The van der Waals surface area contributed by atoms with E-state index >= 15 is 0 Å². The summed E-state index contributed by atoms with van der Waals surface area (Å²) in [6.45, 7) is 8.66. The van der Waals surface area contributed by atoms with Crippen LogP contribution in [0.25, 0.3) is 0 Å². The van der Waals surface area contributed by atoms with Crippen LogP contribution in [0.3, 0.4) is 0 Å². The van der Waals surface area contributed by atoms with Gasteiger partial charge in [0.2, 0.25) is 0 Å². The first-order valence-electron chi connectivity index (χ1n) is 4.73. The minimum atomic E-state index is -0.221. The summed E-state index contributed by atoms with van der Waals surface area (Å²) in [6, 6.07) is 7.66. The van der Waals surface area contributed by atoms with E-state index in [9.17, 15) is 4.39 Å². The van der Waals surface area contributed by atoms with Crippen molar-refractivity contribution in [2.75, 3.05) is 0 Å². The fourth-order valence-corrected chi connectivity index (χ4v) is 2.60. The summed E-state index contributed by atoms with van der Waals surface area (Å²) < 4.78 is 12.9. The molecule has 0 heterocycles. The van der Waals surface area contributed by atoms with Crippen molar-refractivity contribution in [2.45, 2.75) is 37.7 Å². The molecule has 0 aromatic heterocycles. The van der Waals surface area contributed by atoms with E-state index in [2.05, 4.69) is 33.8 Å². The normalized spacial score (nSPS) is 14.1. The van der Waals surface area contributed by atoms with Gasteiger partial charge < -0.3 is 0 Å². The molecule has 1 rings (SSSR count). The fraction of sp³-hybridized carbons (Fsp3) is 0.500. The molecule has 0 aliphatic rings. The van der Waals surface area contributed by atoms with Gasteiger partial charge in [0.15, 0.2) is 0 Å². The average molecular weight is 211 g/mol. The quantitative estimate of drug-likeness (QED) is 0.660. The van der Waals surface area contributed by atoms with E-state index in [0.717, 1.165) is 5.56 Å². The molecule has 0 aliphatic heterocycles. The van der Waals surface area contributed by atoms with E-state index in [1.165, 1.54) is 12.1 Å².